The first-order chi connectivity index (χ1) is 7.72. The summed E-state index contributed by atoms with van der Waals surface area (Å²) in [7, 11) is 0. The van der Waals surface area contributed by atoms with Gasteiger partial charge in [0.1, 0.15) is 5.75 Å². The van der Waals surface area contributed by atoms with Gasteiger partial charge in [0, 0.05) is 11.5 Å². The Kier molecular flexibility index (Phi) is 3.13. The van der Waals surface area contributed by atoms with Gasteiger partial charge in [-0.05, 0) is 25.3 Å². The van der Waals surface area contributed by atoms with Crippen molar-refractivity contribution in [3.8, 4) is 5.75 Å². The molecule has 0 radical (unpaired) electrons. The SMILES string of the molecule is CC[C@@H](NC(=O)C1CC1)c1ccccc1O. The summed E-state index contributed by atoms with van der Waals surface area (Å²) in [6.45, 7) is 2.00. The van der Waals surface area contributed by atoms with E-state index in [1.807, 2.05) is 19.1 Å². The summed E-state index contributed by atoms with van der Waals surface area (Å²) < 4.78 is 0. The number of hydrogen-bond acceptors (Lipinski definition) is 2. The molecule has 0 spiro atoms. The van der Waals surface area contributed by atoms with Crippen LogP contribution < -0.4 is 5.32 Å². The molecule has 0 bridgehead atoms. The molecule has 0 aromatic heterocycles. The summed E-state index contributed by atoms with van der Waals surface area (Å²) in [5.74, 6) is 0.584. The Morgan fingerprint density at radius 3 is 2.75 bits per heavy atom. The van der Waals surface area contributed by atoms with Gasteiger partial charge in [0.25, 0.3) is 0 Å². The van der Waals surface area contributed by atoms with E-state index in [0.29, 0.717) is 0 Å². The fourth-order valence-corrected chi connectivity index (χ4v) is 1.82. The summed E-state index contributed by atoms with van der Waals surface area (Å²) in [5, 5.41) is 12.7. The molecule has 2 rings (SSSR count). The highest BCUT2D eigenvalue weighted by molar-refractivity contribution is 5.81. The number of carbonyl (C=O) groups excluding carboxylic acids is 1. The molecule has 1 fully saturated rings. The fraction of sp³-hybridized carbons (Fsp3) is 0.462. The van der Waals surface area contributed by atoms with Gasteiger partial charge in [-0.2, -0.15) is 0 Å². The summed E-state index contributed by atoms with van der Waals surface area (Å²) in [5.41, 5.74) is 0.805. The van der Waals surface area contributed by atoms with Gasteiger partial charge < -0.3 is 10.4 Å². The van der Waals surface area contributed by atoms with Gasteiger partial charge in [0.15, 0.2) is 0 Å². The highest BCUT2D eigenvalue weighted by atomic mass is 16.3. The normalized spacial score (nSPS) is 16.8. The maximum atomic E-state index is 11.7. The Balaban J connectivity index is 2.09. The number of aromatic hydroxyl groups is 1. The minimum Gasteiger partial charge on any atom is -0.508 e. The predicted octanol–water partition coefficient (Wildman–Crippen LogP) is 2.37. The van der Waals surface area contributed by atoms with Crippen molar-refractivity contribution >= 4 is 5.91 Å². The Labute approximate surface area is 95.5 Å². The van der Waals surface area contributed by atoms with Crippen molar-refractivity contribution < 1.29 is 9.90 Å². The van der Waals surface area contributed by atoms with Crippen molar-refractivity contribution in [2.75, 3.05) is 0 Å². The number of rotatable bonds is 4. The summed E-state index contributed by atoms with van der Waals surface area (Å²) in [6.07, 6.45) is 2.79. The molecule has 0 aliphatic heterocycles. The van der Waals surface area contributed by atoms with Crippen LogP contribution in [0.1, 0.15) is 37.8 Å². The molecule has 1 atom stereocenters. The second-order valence-corrected chi connectivity index (χ2v) is 4.30. The van der Waals surface area contributed by atoms with E-state index in [0.717, 1.165) is 24.8 Å². The third kappa shape index (κ3) is 2.35. The van der Waals surface area contributed by atoms with E-state index in [2.05, 4.69) is 5.32 Å². The van der Waals surface area contributed by atoms with Gasteiger partial charge in [-0.25, -0.2) is 0 Å². The summed E-state index contributed by atoms with van der Waals surface area (Å²) in [6, 6.07) is 7.10. The average Bonchev–Trinajstić information content (AvgIpc) is 3.10. The minimum atomic E-state index is -0.0747. The summed E-state index contributed by atoms with van der Waals surface area (Å²) >= 11 is 0. The molecule has 1 aromatic rings. The van der Waals surface area contributed by atoms with E-state index in [9.17, 15) is 9.90 Å². The van der Waals surface area contributed by atoms with Crippen LogP contribution in [0.3, 0.4) is 0 Å². The number of amides is 1. The van der Waals surface area contributed by atoms with Gasteiger partial charge in [-0.3, -0.25) is 4.79 Å². The van der Waals surface area contributed by atoms with E-state index in [1.54, 1.807) is 12.1 Å². The number of hydrogen-bond donors (Lipinski definition) is 2. The molecule has 1 aliphatic rings. The predicted molar refractivity (Wildman–Crippen MR) is 62.0 cm³/mol. The lowest BCUT2D eigenvalue weighted by atomic mass is 10.0. The van der Waals surface area contributed by atoms with Gasteiger partial charge in [-0.1, -0.05) is 25.1 Å². The number of phenols is 1. The molecular formula is C13H17NO2. The van der Waals surface area contributed by atoms with E-state index < -0.39 is 0 Å². The van der Waals surface area contributed by atoms with E-state index >= 15 is 0 Å². The smallest absolute Gasteiger partial charge is 0.223 e. The molecule has 0 unspecified atom stereocenters. The molecule has 1 amide bonds. The van der Waals surface area contributed by atoms with Crippen LogP contribution in [-0.4, -0.2) is 11.0 Å². The largest absolute Gasteiger partial charge is 0.508 e. The Bertz CT molecular complexity index is 385. The van der Waals surface area contributed by atoms with Gasteiger partial charge in [-0.15, -0.1) is 0 Å². The molecule has 0 heterocycles. The number of carbonyl (C=O) groups is 1. The number of nitrogens with one attached hydrogen (secondary N) is 1. The van der Waals surface area contributed by atoms with E-state index in [4.69, 9.17) is 0 Å². The quantitative estimate of drug-likeness (QED) is 0.816. The van der Waals surface area contributed by atoms with Gasteiger partial charge in [0.05, 0.1) is 6.04 Å². The zero-order chi connectivity index (χ0) is 11.5. The van der Waals surface area contributed by atoms with Crippen molar-refractivity contribution in [1.29, 1.82) is 0 Å². The van der Waals surface area contributed by atoms with Crippen molar-refractivity contribution in [2.45, 2.75) is 32.2 Å². The van der Waals surface area contributed by atoms with Crippen LogP contribution in [0.15, 0.2) is 24.3 Å². The van der Waals surface area contributed by atoms with E-state index in [-0.39, 0.29) is 23.6 Å². The molecule has 1 aliphatic carbocycles. The van der Waals surface area contributed by atoms with Crippen LogP contribution in [0.2, 0.25) is 0 Å². The van der Waals surface area contributed by atoms with Crippen molar-refractivity contribution in [1.82, 2.24) is 5.32 Å². The third-order valence-electron chi connectivity index (χ3n) is 2.99. The van der Waals surface area contributed by atoms with Crippen LogP contribution in [0.4, 0.5) is 0 Å². The average molecular weight is 219 g/mol. The first-order valence-electron chi connectivity index (χ1n) is 5.80. The molecule has 3 heteroatoms. The topological polar surface area (TPSA) is 49.3 Å². The van der Waals surface area contributed by atoms with Crippen molar-refractivity contribution in [2.24, 2.45) is 5.92 Å². The standard InChI is InChI=1S/C13H17NO2/c1-2-11(14-13(16)9-7-8-9)10-5-3-4-6-12(10)15/h3-6,9,11,15H,2,7-8H2,1H3,(H,14,16)/t11-/m1/s1. The van der Waals surface area contributed by atoms with Crippen molar-refractivity contribution in [3.05, 3.63) is 29.8 Å². The Morgan fingerprint density at radius 1 is 1.50 bits per heavy atom. The van der Waals surface area contributed by atoms with Gasteiger partial charge in [0.2, 0.25) is 5.91 Å². The molecule has 0 saturated heterocycles. The second-order valence-electron chi connectivity index (χ2n) is 4.30. The summed E-state index contributed by atoms with van der Waals surface area (Å²) in [4.78, 5) is 11.7. The zero-order valence-corrected chi connectivity index (χ0v) is 9.44. The number of phenolic OH excluding ortho intramolecular Hbond substituents is 1. The van der Waals surface area contributed by atoms with Crippen LogP contribution in [-0.2, 0) is 4.79 Å². The second kappa shape index (κ2) is 4.56. The zero-order valence-electron chi connectivity index (χ0n) is 9.44. The van der Waals surface area contributed by atoms with Crippen molar-refractivity contribution in [3.63, 3.8) is 0 Å². The molecule has 2 N–H and O–H groups in total. The monoisotopic (exact) mass is 219 g/mol. The third-order valence-corrected chi connectivity index (χ3v) is 2.99. The maximum Gasteiger partial charge on any atom is 0.223 e. The van der Waals surface area contributed by atoms with E-state index in [1.165, 1.54) is 0 Å². The Hall–Kier alpha value is -1.51. The molecular weight excluding hydrogens is 202 g/mol. The molecule has 86 valence electrons. The molecule has 1 saturated carbocycles. The number of para-hydroxylation sites is 1. The first-order valence-corrected chi connectivity index (χ1v) is 5.80. The Morgan fingerprint density at radius 2 is 2.19 bits per heavy atom. The molecule has 3 nitrogen and oxygen atoms in total. The fourth-order valence-electron chi connectivity index (χ4n) is 1.82. The maximum absolute atomic E-state index is 11.7. The number of benzene rings is 1. The lowest BCUT2D eigenvalue weighted by Gasteiger charge is -2.18. The lowest BCUT2D eigenvalue weighted by molar-refractivity contribution is -0.123. The minimum absolute atomic E-state index is 0.0747. The molecule has 1 aromatic carbocycles. The van der Waals surface area contributed by atoms with Gasteiger partial charge >= 0.3 is 0 Å². The van der Waals surface area contributed by atoms with Crippen LogP contribution >= 0.6 is 0 Å². The highest BCUT2D eigenvalue weighted by Gasteiger charge is 2.31. The first kappa shape index (κ1) is 11.0. The molecule has 16 heavy (non-hydrogen) atoms. The highest BCUT2D eigenvalue weighted by Crippen LogP contribution is 2.31. The lowest BCUT2D eigenvalue weighted by Crippen LogP contribution is -2.29. The van der Waals surface area contributed by atoms with Crippen LogP contribution in [0.5, 0.6) is 5.75 Å². The van der Waals surface area contributed by atoms with Crippen LogP contribution in [0, 0.1) is 5.92 Å². The van der Waals surface area contributed by atoms with Crippen LogP contribution in [0.25, 0.3) is 0 Å².